The maximum atomic E-state index is 12.1. The molecule has 2 aliphatic rings. The van der Waals surface area contributed by atoms with E-state index in [4.69, 9.17) is 9.47 Å². The fourth-order valence-corrected chi connectivity index (χ4v) is 3.84. The van der Waals surface area contributed by atoms with Crippen molar-refractivity contribution in [2.45, 2.75) is 44.7 Å². The Bertz CT molecular complexity index is 733. The van der Waals surface area contributed by atoms with E-state index >= 15 is 0 Å². The van der Waals surface area contributed by atoms with Crippen LogP contribution in [0.25, 0.3) is 0 Å². The van der Waals surface area contributed by atoms with Gasteiger partial charge in [0.15, 0.2) is 17.5 Å². The highest BCUT2D eigenvalue weighted by atomic mass is 127. The highest BCUT2D eigenvalue weighted by Gasteiger charge is 2.25. The lowest BCUT2D eigenvalue weighted by Gasteiger charge is -2.33. The van der Waals surface area contributed by atoms with Gasteiger partial charge in [0.2, 0.25) is 5.91 Å². The molecule has 0 bridgehead atoms. The Morgan fingerprint density at radius 1 is 1.17 bits per heavy atom. The van der Waals surface area contributed by atoms with Gasteiger partial charge in [-0.05, 0) is 42.5 Å². The molecule has 1 aliphatic heterocycles. The van der Waals surface area contributed by atoms with E-state index in [1.165, 1.54) is 24.0 Å². The minimum Gasteiger partial charge on any atom is -0.493 e. The van der Waals surface area contributed by atoms with E-state index < -0.39 is 0 Å². The number of carbonyl (C=O) groups excluding carboxylic acids is 1. The van der Waals surface area contributed by atoms with Crippen LogP contribution >= 0.6 is 24.0 Å². The van der Waals surface area contributed by atoms with Crippen molar-refractivity contribution in [1.29, 1.82) is 0 Å². The number of hydrogen-bond donors (Lipinski definition) is 1. The molecule has 0 saturated heterocycles. The van der Waals surface area contributed by atoms with Gasteiger partial charge in [0.1, 0.15) is 6.54 Å². The molecular formula is C21H33IN4O3. The summed E-state index contributed by atoms with van der Waals surface area (Å²) in [4.78, 5) is 20.6. The molecule has 1 N–H and O–H groups in total. The van der Waals surface area contributed by atoms with E-state index in [9.17, 15) is 4.79 Å². The van der Waals surface area contributed by atoms with Crippen LogP contribution in [-0.4, -0.2) is 69.1 Å². The van der Waals surface area contributed by atoms with Crippen molar-refractivity contribution in [1.82, 2.24) is 15.1 Å². The monoisotopic (exact) mass is 516 g/mol. The number of guanidine groups is 1. The van der Waals surface area contributed by atoms with E-state index in [2.05, 4.69) is 27.3 Å². The van der Waals surface area contributed by atoms with Crippen LogP contribution in [0.4, 0.5) is 0 Å². The van der Waals surface area contributed by atoms with Gasteiger partial charge in [-0.25, -0.2) is 4.99 Å². The zero-order chi connectivity index (χ0) is 20.1. The number of rotatable bonds is 5. The topological polar surface area (TPSA) is 66.4 Å². The van der Waals surface area contributed by atoms with E-state index in [0.29, 0.717) is 6.04 Å². The van der Waals surface area contributed by atoms with Gasteiger partial charge in [0.05, 0.1) is 14.2 Å². The summed E-state index contributed by atoms with van der Waals surface area (Å²) in [7, 11) is 6.85. The number of aliphatic imine (C=N–C) groups is 1. The normalized spacial score (nSPS) is 16.7. The molecule has 3 rings (SSSR count). The Labute approximate surface area is 190 Å². The minimum absolute atomic E-state index is 0. The van der Waals surface area contributed by atoms with E-state index in [-0.39, 0.29) is 36.4 Å². The first-order valence-electron chi connectivity index (χ1n) is 10.0. The SMILES string of the molecule is COc1cc2c(cc1OC)CN(C(=NCC(=O)N(C)C)NC1CCCC1)CC2.I. The van der Waals surface area contributed by atoms with Crippen molar-refractivity contribution in [2.75, 3.05) is 41.4 Å². The van der Waals surface area contributed by atoms with Crippen LogP contribution in [0.5, 0.6) is 11.5 Å². The number of carbonyl (C=O) groups is 1. The fourth-order valence-electron chi connectivity index (χ4n) is 3.84. The van der Waals surface area contributed by atoms with Crippen LogP contribution in [0, 0.1) is 0 Å². The van der Waals surface area contributed by atoms with Gasteiger partial charge >= 0.3 is 0 Å². The molecule has 0 aromatic heterocycles. The number of methoxy groups -OCH3 is 2. The number of hydrogen-bond acceptors (Lipinski definition) is 4. The number of nitrogens with zero attached hydrogens (tertiary/aromatic N) is 3. The molecule has 0 atom stereocenters. The zero-order valence-electron chi connectivity index (χ0n) is 17.9. The molecule has 1 saturated carbocycles. The van der Waals surface area contributed by atoms with Gasteiger partial charge in [0.25, 0.3) is 0 Å². The second-order valence-electron chi connectivity index (χ2n) is 7.70. The third-order valence-corrected chi connectivity index (χ3v) is 5.57. The third-order valence-electron chi connectivity index (χ3n) is 5.57. The van der Waals surface area contributed by atoms with Crippen molar-refractivity contribution in [3.63, 3.8) is 0 Å². The number of ether oxygens (including phenoxy) is 2. The van der Waals surface area contributed by atoms with Gasteiger partial charge in [-0.1, -0.05) is 12.8 Å². The molecule has 1 amide bonds. The van der Waals surface area contributed by atoms with Crippen molar-refractivity contribution in [3.8, 4) is 11.5 Å². The lowest BCUT2D eigenvalue weighted by Crippen LogP contribution is -2.47. The molecule has 1 heterocycles. The summed E-state index contributed by atoms with van der Waals surface area (Å²) in [6.07, 6.45) is 5.73. The predicted octanol–water partition coefficient (Wildman–Crippen LogP) is 2.66. The number of fused-ring (bicyclic) bond motifs is 1. The molecule has 7 nitrogen and oxygen atoms in total. The largest absolute Gasteiger partial charge is 0.493 e. The second-order valence-corrected chi connectivity index (χ2v) is 7.70. The Kier molecular flexibility index (Phi) is 8.85. The Morgan fingerprint density at radius 2 is 1.79 bits per heavy atom. The van der Waals surface area contributed by atoms with Crippen LogP contribution in [0.15, 0.2) is 17.1 Å². The quantitative estimate of drug-likeness (QED) is 0.371. The number of benzene rings is 1. The molecule has 1 aromatic carbocycles. The molecule has 0 spiro atoms. The molecule has 29 heavy (non-hydrogen) atoms. The highest BCUT2D eigenvalue weighted by molar-refractivity contribution is 14.0. The standard InChI is InChI=1S/C21H32N4O3.HI/c1-24(2)20(26)13-22-21(23-17-7-5-6-8-17)25-10-9-15-11-18(27-3)19(28-4)12-16(15)14-25;/h11-12,17H,5-10,13-14H2,1-4H3,(H,22,23);1H. The average Bonchev–Trinajstić information content (AvgIpc) is 3.22. The minimum atomic E-state index is 0. The number of halogens is 1. The lowest BCUT2D eigenvalue weighted by atomic mass is 9.99. The van der Waals surface area contributed by atoms with Gasteiger partial charge in [-0.15, -0.1) is 24.0 Å². The lowest BCUT2D eigenvalue weighted by molar-refractivity contribution is -0.127. The summed E-state index contributed by atoms with van der Waals surface area (Å²) >= 11 is 0. The predicted molar refractivity (Wildman–Crippen MR) is 125 cm³/mol. The van der Waals surface area contributed by atoms with Crippen molar-refractivity contribution in [3.05, 3.63) is 23.3 Å². The molecule has 0 radical (unpaired) electrons. The first-order valence-corrected chi connectivity index (χ1v) is 10.0. The molecule has 1 aromatic rings. The van der Waals surface area contributed by atoms with Crippen LogP contribution in [0.1, 0.15) is 36.8 Å². The van der Waals surface area contributed by atoms with Gasteiger partial charge < -0.3 is 24.6 Å². The van der Waals surface area contributed by atoms with Gasteiger partial charge in [-0.3, -0.25) is 4.79 Å². The number of amides is 1. The highest BCUT2D eigenvalue weighted by Crippen LogP contribution is 2.33. The summed E-state index contributed by atoms with van der Waals surface area (Å²) in [6, 6.07) is 4.57. The first-order chi connectivity index (χ1) is 13.5. The van der Waals surface area contributed by atoms with E-state index in [1.54, 1.807) is 33.2 Å². The Morgan fingerprint density at radius 3 is 2.38 bits per heavy atom. The number of likely N-dealkylation sites (N-methyl/N-ethyl adjacent to an activating group) is 1. The smallest absolute Gasteiger partial charge is 0.243 e. The van der Waals surface area contributed by atoms with Gasteiger partial charge in [0, 0.05) is 33.2 Å². The Hall–Kier alpha value is -1.71. The van der Waals surface area contributed by atoms with Crippen molar-refractivity contribution >= 4 is 35.8 Å². The van der Waals surface area contributed by atoms with E-state index in [1.807, 2.05) is 0 Å². The summed E-state index contributed by atoms with van der Waals surface area (Å²) in [6.45, 7) is 1.76. The molecule has 0 unspecified atom stereocenters. The summed E-state index contributed by atoms with van der Waals surface area (Å²) in [5, 5.41) is 3.61. The van der Waals surface area contributed by atoms with Crippen LogP contribution in [-0.2, 0) is 17.8 Å². The molecule has 162 valence electrons. The molecule has 1 fully saturated rings. The fraction of sp³-hybridized carbons (Fsp3) is 0.619. The summed E-state index contributed by atoms with van der Waals surface area (Å²) < 4.78 is 10.9. The zero-order valence-corrected chi connectivity index (χ0v) is 20.2. The number of nitrogens with one attached hydrogen (secondary N) is 1. The first kappa shape index (κ1) is 23.6. The van der Waals surface area contributed by atoms with Crippen molar-refractivity contribution < 1.29 is 14.3 Å². The maximum absolute atomic E-state index is 12.1. The summed E-state index contributed by atoms with van der Waals surface area (Å²) in [5.74, 6) is 2.36. The molecular weight excluding hydrogens is 483 g/mol. The van der Waals surface area contributed by atoms with Crippen LogP contribution < -0.4 is 14.8 Å². The maximum Gasteiger partial charge on any atom is 0.243 e. The van der Waals surface area contributed by atoms with Crippen LogP contribution in [0.3, 0.4) is 0 Å². The van der Waals surface area contributed by atoms with Crippen LogP contribution in [0.2, 0.25) is 0 Å². The third kappa shape index (κ3) is 5.90. The van der Waals surface area contributed by atoms with E-state index in [0.717, 1.165) is 49.8 Å². The molecule has 1 aliphatic carbocycles. The summed E-state index contributed by atoms with van der Waals surface area (Å²) in [5.41, 5.74) is 2.49. The second kappa shape index (κ2) is 10.9. The Balaban J connectivity index is 0.00000300. The van der Waals surface area contributed by atoms with Crippen molar-refractivity contribution in [2.24, 2.45) is 4.99 Å². The molecule has 8 heteroatoms. The average molecular weight is 516 g/mol. The van der Waals surface area contributed by atoms with Gasteiger partial charge in [-0.2, -0.15) is 0 Å².